The van der Waals surface area contributed by atoms with Crippen LogP contribution in [0.3, 0.4) is 0 Å². The molecule has 0 aromatic carbocycles. The zero-order valence-electron chi connectivity index (χ0n) is 10.6. The van der Waals surface area contributed by atoms with Gasteiger partial charge in [-0.2, -0.15) is 0 Å². The highest BCUT2D eigenvalue weighted by molar-refractivity contribution is 7.90. The van der Waals surface area contributed by atoms with Crippen molar-refractivity contribution in [2.45, 2.75) is 56.7 Å². The number of nitrogens with one attached hydrogen (secondary N) is 2. The lowest BCUT2D eigenvalue weighted by Gasteiger charge is -2.29. The van der Waals surface area contributed by atoms with E-state index in [4.69, 9.17) is 0 Å². The second-order valence-electron chi connectivity index (χ2n) is 5.45. The highest BCUT2D eigenvalue weighted by atomic mass is 32.2. The molecule has 2 rings (SSSR count). The monoisotopic (exact) mass is 260 g/mol. The van der Waals surface area contributed by atoms with Crippen LogP contribution in [-0.4, -0.2) is 32.8 Å². The molecule has 1 aliphatic carbocycles. The van der Waals surface area contributed by atoms with Gasteiger partial charge < -0.3 is 5.32 Å². The maximum Gasteiger partial charge on any atom is 0.214 e. The van der Waals surface area contributed by atoms with Crippen LogP contribution in [0.4, 0.5) is 0 Å². The minimum atomic E-state index is -3.08. The maximum atomic E-state index is 12.2. The molecule has 0 amide bonds. The van der Waals surface area contributed by atoms with Crippen LogP contribution in [0.25, 0.3) is 0 Å². The molecule has 4 nitrogen and oxygen atoms in total. The van der Waals surface area contributed by atoms with Crippen LogP contribution < -0.4 is 10.0 Å². The summed E-state index contributed by atoms with van der Waals surface area (Å²) >= 11 is 0. The summed E-state index contributed by atoms with van der Waals surface area (Å²) in [6, 6.07) is 0.0858. The molecule has 2 fully saturated rings. The van der Waals surface area contributed by atoms with Crippen molar-refractivity contribution in [1.29, 1.82) is 0 Å². The Labute approximate surface area is 105 Å². The van der Waals surface area contributed by atoms with Gasteiger partial charge in [0, 0.05) is 6.04 Å². The Morgan fingerprint density at radius 3 is 2.29 bits per heavy atom. The summed E-state index contributed by atoms with van der Waals surface area (Å²) in [4.78, 5) is 0. The predicted octanol–water partition coefficient (Wildman–Crippen LogP) is 1.24. The number of hydrogen-bond donors (Lipinski definition) is 2. The second-order valence-corrected chi connectivity index (χ2v) is 7.44. The molecular weight excluding hydrogens is 236 g/mol. The summed E-state index contributed by atoms with van der Waals surface area (Å²) in [5.74, 6) is 0.493. The molecule has 100 valence electrons. The Bertz CT molecular complexity index is 330. The molecule has 0 bridgehead atoms. The highest BCUT2D eigenvalue weighted by Crippen LogP contribution is 2.25. The summed E-state index contributed by atoms with van der Waals surface area (Å²) in [5.41, 5.74) is 0. The van der Waals surface area contributed by atoms with Gasteiger partial charge in [0.15, 0.2) is 0 Å². The number of rotatable bonds is 4. The van der Waals surface area contributed by atoms with Gasteiger partial charge in [-0.05, 0) is 51.6 Å². The van der Waals surface area contributed by atoms with Gasteiger partial charge in [-0.15, -0.1) is 0 Å². The number of hydrogen-bond acceptors (Lipinski definition) is 3. The Balaban J connectivity index is 1.90. The quantitative estimate of drug-likeness (QED) is 0.799. The summed E-state index contributed by atoms with van der Waals surface area (Å²) in [6.45, 7) is 4.04. The Morgan fingerprint density at radius 2 is 1.71 bits per heavy atom. The summed E-state index contributed by atoms with van der Waals surface area (Å²) < 4.78 is 27.2. The molecule has 1 aliphatic heterocycles. The van der Waals surface area contributed by atoms with Gasteiger partial charge in [0.25, 0.3) is 0 Å². The zero-order valence-corrected chi connectivity index (χ0v) is 11.4. The molecule has 0 spiro atoms. The van der Waals surface area contributed by atoms with E-state index in [0.29, 0.717) is 5.92 Å². The van der Waals surface area contributed by atoms with E-state index < -0.39 is 10.0 Å². The van der Waals surface area contributed by atoms with E-state index >= 15 is 0 Å². The first-order chi connectivity index (χ1) is 8.09. The van der Waals surface area contributed by atoms with Gasteiger partial charge in [0.05, 0.1) is 5.25 Å². The lowest BCUT2D eigenvalue weighted by molar-refractivity contribution is 0.315. The van der Waals surface area contributed by atoms with Crippen LogP contribution in [0.5, 0.6) is 0 Å². The average Bonchev–Trinajstić information content (AvgIpc) is 2.84. The van der Waals surface area contributed by atoms with Crippen molar-refractivity contribution in [3.05, 3.63) is 0 Å². The topological polar surface area (TPSA) is 58.2 Å². The first-order valence-corrected chi connectivity index (χ1v) is 8.36. The maximum absolute atomic E-state index is 12.2. The van der Waals surface area contributed by atoms with Gasteiger partial charge in [-0.25, -0.2) is 13.1 Å². The van der Waals surface area contributed by atoms with E-state index in [0.717, 1.165) is 51.6 Å². The lowest BCUT2D eigenvalue weighted by Crippen LogP contribution is -2.45. The molecular formula is C12H24N2O2S. The summed E-state index contributed by atoms with van der Waals surface area (Å²) in [6.07, 6.45) is 5.96. The second kappa shape index (κ2) is 5.67. The van der Waals surface area contributed by atoms with Crippen molar-refractivity contribution in [2.75, 3.05) is 13.1 Å². The first-order valence-electron chi connectivity index (χ1n) is 6.81. The van der Waals surface area contributed by atoms with Gasteiger partial charge in [0.2, 0.25) is 10.0 Å². The normalized spacial score (nSPS) is 26.2. The number of sulfonamides is 1. The molecule has 5 heteroatoms. The zero-order chi connectivity index (χ0) is 12.3. The van der Waals surface area contributed by atoms with Crippen LogP contribution in [0.15, 0.2) is 0 Å². The van der Waals surface area contributed by atoms with Crippen LogP contribution in [0, 0.1) is 5.92 Å². The number of piperidine rings is 1. The molecule has 0 radical (unpaired) electrons. The van der Waals surface area contributed by atoms with Crippen molar-refractivity contribution >= 4 is 10.0 Å². The first kappa shape index (κ1) is 13.3. The third-order valence-electron chi connectivity index (χ3n) is 4.18. The van der Waals surface area contributed by atoms with E-state index in [9.17, 15) is 8.42 Å². The molecule has 0 aromatic rings. The van der Waals surface area contributed by atoms with Crippen molar-refractivity contribution in [3.8, 4) is 0 Å². The van der Waals surface area contributed by atoms with Crippen molar-refractivity contribution in [3.63, 3.8) is 0 Å². The summed E-state index contributed by atoms with van der Waals surface area (Å²) in [5, 5.41) is 3.18. The van der Waals surface area contributed by atoms with E-state index in [2.05, 4.69) is 10.0 Å². The minimum Gasteiger partial charge on any atom is -0.317 e. The van der Waals surface area contributed by atoms with E-state index in [1.807, 2.05) is 6.92 Å². The molecule has 1 atom stereocenters. The molecule has 17 heavy (non-hydrogen) atoms. The van der Waals surface area contributed by atoms with Crippen LogP contribution >= 0.6 is 0 Å². The largest absolute Gasteiger partial charge is 0.317 e. The lowest BCUT2D eigenvalue weighted by atomic mass is 9.92. The average molecular weight is 260 g/mol. The van der Waals surface area contributed by atoms with Gasteiger partial charge >= 0.3 is 0 Å². The molecule has 1 saturated heterocycles. The van der Waals surface area contributed by atoms with Crippen molar-refractivity contribution < 1.29 is 8.42 Å². The van der Waals surface area contributed by atoms with Crippen LogP contribution in [0.1, 0.15) is 45.4 Å². The smallest absolute Gasteiger partial charge is 0.214 e. The van der Waals surface area contributed by atoms with Gasteiger partial charge in [0.1, 0.15) is 0 Å². The molecule has 2 aliphatic rings. The van der Waals surface area contributed by atoms with Crippen LogP contribution in [0.2, 0.25) is 0 Å². The third kappa shape index (κ3) is 3.42. The highest BCUT2D eigenvalue weighted by Gasteiger charge is 2.31. The fraction of sp³-hybridized carbons (Fsp3) is 1.00. The fourth-order valence-corrected chi connectivity index (χ4v) is 4.85. The Hall–Kier alpha value is -0.130. The minimum absolute atomic E-state index is 0.0858. The van der Waals surface area contributed by atoms with Crippen LogP contribution in [-0.2, 0) is 10.0 Å². The third-order valence-corrected chi connectivity index (χ3v) is 6.23. The Kier molecular flexibility index (Phi) is 4.44. The molecule has 2 N–H and O–H groups in total. The van der Waals surface area contributed by atoms with E-state index in [-0.39, 0.29) is 11.3 Å². The Morgan fingerprint density at radius 1 is 1.12 bits per heavy atom. The van der Waals surface area contributed by atoms with Gasteiger partial charge in [-0.1, -0.05) is 12.8 Å². The molecule has 1 unspecified atom stereocenters. The summed E-state index contributed by atoms with van der Waals surface area (Å²) in [7, 11) is -3.08. The van der Waals surface area contributed by atoms with E-state index in [1.54, 1.807) is 0 Å². The predicted molar refractivity (Wildman–Crippen MR) is 69.4 cm³/mol. The van der Waals surface area contributed by atoms with Crippen molar-refractivity contribution in [1.82, 2.24) is 10.0 Å². The fourth-order valence-electron chi connectivity index (χ4n) is 2.99. The standard InChI is InChI=1S/C12H24N2O2S/c1-10(11-6-8-13-9-7-11)14-17(15,16)12-4-2-3-5-12/h10-14H,2-9H2,1H3. The molecule has 1 saturated carbocycles. The van der Waals surface area contributed by atoms with Gasteiger partial charge in [-0.3, -0.25) is 0 Å². The molecule has 0 aromatic heterocycles. The SMILES string of the molecule is CC(NS(=O)(=O)C1CCCC1)C1CCNCC1. The van der Waals surface area contributed by atoms with Crippen molar-refractivity contribution in [2.24, 2.45) is 5.92 Å². The van der Waals surface area contributed by atoms with E-state index in [1.165, 1.54) is 0 Å². The molecule has 1 heterocycles.